The van der Waals surface area contributed by atoms with Crippen molar-refractivity contribution in [1.82, 2.24) is 15.2 Å². The van der Waals surface area contributed by atoms with Gasteiger partial charge in [-0.3, -0.25) is 9.59 Å². The molecule has 1 saturated heterocycles. The molecular formula is C22H31N3O2. The molecule has 0 aliphatic carbocycles. The summed E-state index contributed by atoms with van der Waals surface area (Å²) in [5, 5.41) is 4.32. The van der Waals surface area contributed by atoms with Gasteiger partial charge in [0.2, 0.25) is 11.8 Å². The van der Waals surface area contributed by atoms with Crippen molar-refractivity contribution in [2.75, 3.05) is 13.1 Å². The Hall–Kier alpha value is -2.30. The first-order chi connectivity index (χ1) is 12.9. The number of benzene rings is 1. The maximum Gasteiger partial charge on any atom is 0.225 e. The molecule has 2 N–H and O–H groups in total. The molecule has 0 bridgehead atoms. The van der Waals surface area contributed by atoms with Crippen LogP contribution < -0.4 is 5.32 Å². The number of amides is 2. The molecule has 1 aliphatic rings. The molecule has 3 rings (SSSR count). The lowest BCUT2D eigenvalue weighted by Gasteiger charge is -2.32. The highest BCUT2D eigenvalue weighted by molar-refractivity contribution is 5.85. The van der Waals surface area contributed by atoms with E-state index >= 15 is 0 Å². The topological polar surface area (TPSA) is 65.2 Å². The SMILES string of the molecule is CCc1[nH]c2ccc(CNC(=O)C3CCN(C(=O)C(C)C)CC3)cc2c1C. The van der Waals surface area contributed by atoms with E-state index in [0.717, 1.165) is 30.3 Å². The number of aryl methyl sites for hydroxylation is 2. The monoisotopic (exact) mass is 369 g/mol. The van der Waals surface area contributed by atoms with Crippen LogP contribution in [-0.4, -0.2) is 34.8 Å². The number of piperidine rings is 1. The van der Waals surface area contributed by atoms with Crippen LogP contribution in [-0.2, 0) is 22.6 Å². The summed E-state index contributed by atoms with van der Waals surface area (Å²) in [7, 11) is 0. The smallest absolute Gasteiger partial charge is 0.225 e. The lowest BCUT2D eigenvalue weighted by Crippen LogP contribution is -2.44. The van der Waals surface area contributed by atoms with E-state index in [0.29, 0.717) is 19.6 Å². The number of carbonyl (C=O) groups excluding carboxylic acids is 2. The van der Waals surface area contributed by atoms with Crippen molar-refractivity contribution in [3.05, 3.63) is 35.0 Å². The first-order valence-electron chi connectivity index (χ1n) is 10.1. The van der Waals surface area contributed by atoms with Crippen molar-refractivity contribution in [3.8, 4) is 0 Å². The molecule has 1 aromatic heterocycles. The second-order valence-electron chi connectivity index (χ2n) is 7.93. The second kappa shape index (κ2) is 8.15. The van der Waals surface area contributed by atoms with Gasteiger partial charge in [-0.15, -0.1) is 0 Å². The van der Waals surface area contributed by atoms with Crippen molar-refractivity contribution < 1.29 is 9.59 Å². The number of likely N-dealkylation sites (tertiary alicyclic amines) is 1. The number of hydrogen-bond donors (Lipinski definition) is 2. The molecule has 5 heteroatoms. The first kappa shape index (κ1) is 19.5. The zero-order valence-electron chi connectivity index (χ0n) is 16.9. The van der Waals surface area contributed by atoms with Crippen molar-refractivity contribution in [2.24, 2.45) is 11.8 Å². The number of H-pyrrole nitrogens is 1. The van der Waals surface area contributed by atoms with Crippen LogP contribution in [0, 0.1) is 18.8 Å². The van der Waals surface area contributed by atoms with Crippen LogP contribution in [0.2, 0.25) is 0 Å². The summed E-state index contributed by atoms with van der Waals surface area (Å²) in [5.41, 5.74) is 4.84. The molecule has 1 aromatic carbocycles. The lowest BCUT2D eigenvalue weighted by atomic mass is 9.95. The number of aromatic amines is 1. The van der Waals surface area contributed by atoms with Gasteiger partial charge in [-0.2, -0.15) is 0 Å². The summed E-state index contributed by atoms with van der Waals surface area (Å²) in [6, 6.07) is 6.34. The van der Waals surface area contributed by atoms with Gasteiger partial charge in [-0.25, -0.2) is 0 Å². The van der Waals surface area contributed by atoms with Crippen LogP contribution in [0.3, 0.4) is 0 Å². The third-order valence-electron chi connectivity index (χ3n) is 5.72. The molecule has 0 saturated carbocycles. The summed E-state index contributed by atoms with van der Waals surface area (Å²) in [5.74, 6) is 0.323. The Morgan fingerprint density at radius 2 is 1.96 bits per heavy atom. The molecular weight excluding hydrogens is 338 g/mol. The standard InChI is InChI=1S/C22H31N3O2/c1-5-19-15(4)18-12-16(6-7-20(18)24-19)13-23-21(26)17-8-10-25(11-9-17)22(27)14(2)3/h6-7,12,14,17,24H,5,8-11,13H2,1-4H3,(H,23,26). The van der Waals surface area contributed by atoms with Gasteiger partial charge in [0, 0.05) is 48.1 Å². The van der Waals surface area contributed by atoms with E-state index in [9.17, 15) is 9.59 Å². The highest BCUT2D eigenvalue weighted by Crippen LogP contribution is 2.24. The van der Waals surface area contributed by atoms with Crippen molar-refractivity contribution in [2.45, 2.75) is 53.5 Å². The molecule has 2 heterocycles. The Bertz CT molecular complexity index is 829. The van der Waals surface area contributed by atoms with Gasteiger partial charge in [0.15, 0.2) is 0 Å². The van der Waals surface area contributed by atoms with Crippen LogP contribution in [0.15, 0.2) is 18.2 Å². The van der Waals surface area contributed by atoms with E-state index in [1.807, 2.05) is 18.7 Å². The summed E-state index contributed by atoms with van der Waals surface area (Å²) in [4.78, 5) is 30.0. The first-order valence-corrected chi connectivity index (χ1v) is 10.1. The molecule has 0 spiro atoms. The number of nitrogens with one attached hydrogen (secondary N) is 2. The summed E-state index contributed by atoms with van der Waals surface area (Å²) in [6.45, 7) is 10.1. The van der Waals surface area contributed by atoms with Crippen LogP contribution in [0.1, 0.15) is 50.4 Å². The van der Waals surface area contributed by atoms with Gasteiger partial charge in [0.05, 0.1) is 0 Å². The van der Waals surface area contributed by atoms with E-state index < -0.39 is 0 Å². The maximum atomic E-state index is 12.5. The average molecular weight is 370 g/mol. The minimum Gasteiger partial charge on any atom is -0.358 e. The van der Waals surface area contributed by atoms with Gasteiger partial charge in [-0.05, 0) is 49.4 Å². The highest BCUT2D eigenvalue weighted by Gasteiger charge is 2.28. The normalized spacial score (nSPS) is 15.5. The molecule has 2 amide bonds. The lowest BCUT2D eigenvalue weighted by molar-refractivity contribution is -0.138. The highest BCUT2D eigenvalue weighted by atomic mass is 16.2. The Labute approximate surface area is 161 Å². The van der Waals surface area contributed by atoms with Crippen LogP contribution >= 0.6 is 0 Å². The van der Waals surface area contributed by atoms with Gasteiger partial charge < -0.3 is 15.2 Å². The third-order valence-corrected chi connectivity index (χ3v) is 5.72. The minimum atomic E-state index is 0.00521. The van der Waals surface area contributed by atoms with E-state index in [2.05, 4.69) is 42.3 Å². The fourth-order valence-electron chi connectivity index (χ4n) is 3.95. The zero-order valence-corrected chi connectivity index (χ0v) is 16.9. The average Bonchev–Trinajstić information content (AvgIpc) is 3.01. The molecule has 0 unspecified atom stereocenters. The fourth-order valence-corrected chi connectivity index (χ4v) is 3.95. The van der Waals surface area contributed by atoms with Gasteiger partial charge in [0.25, 0.3) is 0 Å². The Kier molecular flexibility index (Phi) is 5.88. The number of aromatic nitrogens is 1. The number of hydrogen-bond acceptors (Lipinski definition) is 2. The zero-order chi connectivity index (χ0) is 19.6. The molecule has 5 nitrogen and oxygen atoms in total. The largest absolute Gasteiger partial charge is 0.358 e. The van der Waals surface area contributed by atoms with Crippen LogP contribution in [0.4, 0.5) is 0 Å². The fraction of sp³-hybridized carbons (Fsp3) is 0.545. The van der Waals surface area contributed by atoms with Crippen molar-refractivity contribution >= 4 is 22.7 Å². The predicted molar refractivity (Wildman–Crippen MR) is 108 cm³/mol. The van der Waals surface area contributed by atoms with Crippen LogP contribution in [0.25, 0.3) is 10.9 Å². The second-order valence-corrected chi connectivity index (χ2v) is 7.93. The Balaban J connectivity index is 1.56. The Morgan fingerprint density at radius 1 is 1.26 bits per heavy atom. The van der Waals surface area contributed by atoms with Crippen LogP contribution in [0.5, 0.6) is 0 Å². The predicted octanol–water partition coefficient (Wildman–Crippen LogP) is 3.55. The van der Waals surface area contributed by atoms with E-state index in [4.69, 9.17) is 0 Å². The molecule has 27 heavy (non-hydrogen) atoms. The minimum absolute atomic E-state index is 0.00521. The molecule has 1 aliphatic heterocycles. The third kappa shape index (κ3) is 4.18. The maximum absolute atomic E-state index is 12.5. The number of fused-ring (bicyclic) bond motifs is 1. The number of rotatable bonds is 5. The number of nitrogens with zero attached hydrogens (tertiary/aromatic N) is 1. The molecule has 0 atom stereocenters. The van der Waals surface area contributed by atoms with Gasteiger partial charge in [0.1, 0.15) is 0 Å². The molecule has 0 radical (unpaired) electrons. The summed E-state index contributed by atoms with van der Waals surface area (Å²) < 4.78 is 0. The van der Waals surface area contributed by atoms with Crippen molar-refractivity contribution in [3.63, 3.8) is 0 Å². The molecule has 1 fully saturated rings. The quantitative estimate of drug-likeness (QED) is 0.846. The number of carbonyl (C=O) groups is 2. The molecule has 146 valence electrons. The Morgan fingerprint density at radius 3 is 2.59 bits per heavy atom. The van der Waals surface area contributed by atoms with Gasteiger partial charge in [-0.1, -0.05) is 26.8 Å². The summed E-state index contributed by atoms with van der Waals surface area (Å²) in [6.07, 6.45) is 2.49. The summed E-state index contributed by atoms with van der Waals surface area (Å²) >= 11 is 0. The van der Waals surface area contributed by atoms with E-state index in [-0.39, 0.29) is 23.7 Å². The van der Waals surface area contributed by atoms with Gasteiger partial charge >= 0.3 is 0 Å². The molecule has 2 aromatic rings. The van der Waals surface area contributed by atoms with Crippen molar-refractivity contribution in [1.29, 1.82) is 0 Å². The van der Waals surface area contributed by atoms with E-state index in [1.54, 1.807) is 0 Å². The van der Waals surface area contributed by atoms with E-state index in [1.165, 1.54) is 16.6 Å².